The number of halogens is 1. The molecule has 1 aliphatic rings. The third-order valence-corrected chi connectivity index (χ3v) is 4.56. The van der Waals surface area contributed by atoms with Crippen molar-refractivity contribution in [3.8, 4) is 0 Å². The van der Waals surface area contributed by atoms with Gasteiger partial charge in [0.2, 0.25) is 0 Å². The molecule has 3 amide bonds. The van der Waals surface area contributed by atoms with Gasteiger partial charge in [0, 0.05) is 5.41 Å². The summed E-state index contributed by atoms with van der Waals surface area (Å²) in [4.78, 5) is 38.8. The highest BCUT2D eigenvalue weighted by Crippen LogP contribution is 2.34. The third kappa shape index (κ3) is 3.72. The second kappa shape index (κ2) is 6.94. The number of Topliss-reactive ketones (excluding diaryl/α,β-unsaturated/α-hetero) is 1. The smallest absolute Gasteiger partial charge is 0.319 e. The lowest BCUT2D eigenvalue weighted by Crippen LogP contribution is -2.45. The summed E-state index contributed by atoms with van der Waals surface area (Å²) in [5, 5.41) is 2.76. The summed E-state index contributed by atoms with van der Waals surface area (Å²) in [5.41, 5.74) is -1.35. The van der Waals surface area contributed by atoms with Crippen molar-refractivity contribution in [3.05, 3.63) is 35.6 Å². The fourth-order valence-corrected chi connectivity index (χ4v) is 2.84. The van der Waals surface area contributed by atoms with E-state index >= 15 is 0 Å². The first-order chi connectivity index (χ1) is 11.6. The Bertz CT molecular complexity index is 679. The van der Waals surface area contributed by atoms with Gasteiger partial charge in [-0.05, 0) is 24.1 Å². The minimum Gasteiger partial charge on any atom is -0.319 e. The second-order valence-corrected chi connectivity index (χ2v) is 7.51. The van der Waals surface area contributed by atoms with E-state index in [1.807, 2.05) is 6.92 Å². The number of hydrogen-bond acceptors (Lipinski definition) is 3. The average molecular weight is 348 g/mol. The van der Waals surface area contributed by atoms with Gasteiger partial charge in [0.1, 0.15) is 11.4 Å². The normalized spacial score (nSPS) is 20.8. The van der Waals surface area contributed by atoms with Crippen LogP contribution in [0.1, 0.15) is 52.5 Å². The molecule has 1 saturated heterocycles. The number of imide groups is 1. The van der Waals surface area contributed by atoms with E-state index in [1.54, 1.807) is 20.8 Å². The highest BCUT2D eigenvalue weighted by Gasteiger charge is 2.52. The van der Waals surface area contributed by atoms with Gasteiger partial charge in [0.15, 0.2) is 5.78 Å². The summed E-state index contributed by atoms with van der Waals surface area (Å²) in [7, 11) is 0. The maximum Gasteiger partial charge on any atom is 0.325 e. The Labute approximate surface area is 147 Å². The van der Waals surface area contributed by atoms with Crippen LogP contribution in [0.3, 0.4) is 0 Å². The van der Waals surface area contributed by atoms with E-state index in [4.69, 9.17) is 0 Å². The Hall–Kier alpha value is -2.24. The number of amides is 3. The van der Waals surface area contributed by atoms with Gasteiger partial charge in [-0.15, -0.1) is 0 Å². The van der Waals surface area contributed by atoms with E-state index in [2.05, 4.69) is 5.32 Å². The molecule has 5 nitrogen and oxygen atoms in total. The number of urea groups is 1. The number of ketones is 1. The third-order valence-electron chi connectivity index (χ3n) is 4.56. The van der Waals surface area contributed by atoms with Gasteiger partial charge in [-0.1, -0.05) is 52.7 Å². The van der Waals surface area contributed by atoms with Gasteiger partial charge in [0.25, 0.3) is 5.91 Å². The summed E-state index contributed by atoms with van der Waals surface area (Å²) in [6.07, 6.45) is 1.96. The fourth-order valence-electron chi connectivity index (χ4n) is 2.84. The van der Waals surface area contributed by atoms with Crippen LogP contribution in [0.5, 0.6) is 0 Å². The molecule has 1 fully saturated rings. The zero-order valence-electron chi connectivity index (χ0n) is 15.2. The molecule has 1 heterocycles. The largest absolute Gasteiger partial charge is 0.325 e. The molecule has 1 aromatic carbocycles. The molecule has 25 heavy (non-hydrogen) atoms. The van der Waals surface area contributed by atoms with Crippen molar-refractivity contribution in [2.75, 3.05) is 6.54 Å². The molecule has 2 rings (SSSR count). The van der Waals surface area contributed by atoms with Gasteiger partial charge in [-0.2, -0.15) is 0 Å². The summed E-state index contributed by atoms with van der Waals surface area (Å²) in [5.74, 6) is -1.05. The van der Waals surface area contributed by atoms with Crippen LogP contribution in [0.25, 0.3) is 0 Å². The van der Waals surface area contributed by atoms with Crippen LogP contribution in [0, 0.1) is 11.2 Å². The van der Waals surface area contributed by atoms with Crippen molar-refractivity contribution in [1.29, 1.82) is 0 Å². The van der Waals surface area contributed by atoms with Crippen LogP contribution in [-0.4, -0.2) is 29.2 Å². The van der Waals surface area contributed by atoms with E-state index in [0.29, 0.717) is 18.4 Å². The molecule has 0 radical (unpaired) electrons. The summed E-state index contributed by atoms with van der Waals surface area (Å²) < 4.78 is 13.3. The predicted molar refractivity (Wildman–Crippen MR) is 92.3 cm³/mol. The van der Waals surface area contributed by atoms with Gasteiger partial charge in [0.05, 0.1) is 6.54 Å². The van der Waals surface area contributed by atoms with Crippen LogP contribution >= 0.6 is 0 Å². The molecule has 1 N–H and O–H groups in total. The lowest BCUT2D eigenvalue weighted by Gasteiger charge is -2.27. The molecule has 0 saturated carbocycles. The molecule has 0 aromatic heterocycles. The summed E-state index contributed by atoms with van der Waals surface area (Å²) >= 11 is 0. The minimum absolute atomic E-state index is 0.193. The van der Waals surface area contributed by atoms with E-state index in [0.717, 1.165) is 11.3 Å². The molecule has 0 aliphatic carbocycles. The maximum atomic E-state index is 13.3. The van der Waals surface area contributed by atoms with Crippen LogP contribution in [0.4, 0.5) is 9.18 Å². The SMILES string of the molecule is CCCC[C@@]1(c2ccc(F)cc2)NC(=O)N(CC(=O)C(C)(C)C)C1=O. The molecular formula is C19H25FN2O3. The molecular weight excluding hydrogens is 323 g/mol. The number of benzene rings is 1. The number of unbranched alkanes of at least 4 members (excludes halogenated alkanes) is 1. The second-order valence-electron chi connectivity index (χ2n) is 7.51. The Morgan fingerprint density at radius 2 is 1.80 bits per heavy atom. The van der Waals surface area contributed by atoms with Crippen molar-refractivity contribution in [1.82, 2.24) is 10.2 Å². The fraction of sp³-hybridized carbons (Fsp3) is 0.526. The molecule has 1 aliphatic heterocycles. The molecule has 0 spiro atoms. The van der Waals surface area contributed by atoms with Crippen LogP contribution in [0.15, 0.2) is 24.3 Å². The van der Waals surface area contributed by atoms with Crippen molar-refractivity contribution >= 4 is 17.7 Å². The molecule has 1 atom stereocenters. The molecule has 0 unspecified atom stereocenters. The number of nitrogens with one attached hydrogen (secondary N) is 1. The van der Waals surface area contributed by atoms with E-state index in [-0.39, 0.29) is 12.3 Å². The Morgan fingerprint density at radius 3 is 2.32 bits per heavy atom. The van der Waals surface area contributed by atoms with Crippen molar-refractivity contribution in [2.45, 2.75) is 52.5 Å². The lowest BCUT2D eigenvalue weighted by molar-refractivity contribution is -0.137. The first-order valence-electron chi connectivity index (χ1n) is 8.55. The first-order valence-corrected chi connectivity index (χ1v) is 8.55. The highest BCUT2D eigenvalue weighted by atomic mass is 19.1. The summed E-state index contributed by atoms with van der Waals surface area (Å²) in [6, 6.07) is 4.98. The molecule has 0 bridgehead atoms. The number of carbonyl (C=O) groups is 3. The number of nitrogens with zero attached hydrogens (tertiary/aromatic N) is 1. The highest BCUT2D eigenvalue weighted by molar-refractivity contribution is 6.09. The number of rotatable bonds is 6. The molecule has 6 heteroatoms. The number of carbonyl (C=O) groups excluding carboxylic acids is 3. The predicted octanol–water partition coefficient (Wildman–Crippen LogP) is 3.38. The Morgan fingerprint density at radius 1 is 1.20 bits per heavy atom. The van der Waals surface area contributed by atoms with Crippen LogP contribution in [0.2, 0.25) is 0 Å². The zero-order valence-corrected chi connectivity index (χ0v) is 15.2. The van der Waals surface area contributed by atoms with Crippen molar-refractivity contribution in [2.24, 2.45) is 5.41 Å². The van der Waals surface area contributed by atoms with Crippen LogP contribution < -0.4 is 5.32 Å². The van der Waals surface area contributed by atoms with Crippen molar-refractivity contribution in [3.63, 3.8) is 0 Å². The topological polar surface area (TPSA) is 66.5 Å². The molecule has 1 aromatic rings. The average Bonchev–Trinajstić information content (AvgIpc) is 2.78. The monoisotopic (exact) mass is 348 g/mol. The Balaban J connectivity index is 2.38. The maximum absolute atomic E-state index is 13.3. The van der Waals surface area contributed by atoms with Gasteiger partial charge >= 0.3 is 6.03 Å². The van der Waals surface area contributed by atoms with E-state index in [9.17, 15) is 18.8 Å². The van der Waals surface area contributed by atoms with Gasteiger partial charge in [-0.25, -0.2) is 9.18 Å². The quantitative estimate of drug-likeness (QED) is 0.802. The first kappa shape index (κ1) is 19.1. The van der Waals surface area contributed by atoms with E-state index < -0.39 is 28.7 Å². The number of hydrogen-bond donors (Lipinski definition) is 1. The van der Waals surface area contributed by atoms with E-state index in [1.165, 1.54) is 24.3 Å². The van der Waals surface area contributed by atoms with Gasteiger partial charge < -0.3 is 5.32 Å². The van der Waals surface area contributed by atoms with Crippen LogP contribution in [-0.2, 0) is 15.1 Å². The standard InChI is InChI=1S/C19H25FN2O3/c1-5-6-11-19(13-7-9-14(20)10-8-13)16(24)22(17(25)21-19)12-15(23)18(2,3)4/h7-10H,5-6,11-12H2,1-4H3,(H,21,25)/t19-/m0/s1. The lowest BCUT2D eigenvalue weighted by atomic mass is 9.84. The molecule has 136 valence electrons. The zero-order chi connectivity index (χ0) is 18.8. The Kier molecular flexibility index (Phi) is 5.30. The van der Waals surface area contributed by atoms with Gasteiger partial charge in [-0.3, -0.25) is 14.5 Å². The minimum atomic E-state index is -1.24. The summed E-state index contributed by atoms with van der Waals surface area (Å²) in [6.45, 7) is 6.97. The van der Waals surface area contributed by atoms with Crippen molar-refractivity contribution < 1.29 is 18.8 Å².